The van der Waals surface area contributed by atoms with Gasteiger partial charge in [-0.3, -0.25) is 4.79 Å². The average Bonchev–Trinajstić information content (AvgIpc) is 2.15. The summed E-state index contributed by atoms with van der Waals surface area (Å²) in [4.78, 5) is 10.7. The lowest BCUT2D eigenvalue weighted by atomic mass is 10.2. The Balaban J connectivity index is 0. The molecule has 0 aliphatic carbocycles. The Bertz CT molecular complexity index is 91.8. The number of hydrogen-bond donors (Lipinski definition) is 1. The van der Waals surface area contributed by atoms with Crippen LogP contribution in [0.3, 0.4) is 0 Å². The molecule has 0 aliphatic heterocycles. The lowest BCUT2D eigenvalue weighted by Gasteiger charge is -2.00. The molecule has 0 aliphatic rings. The van der Waals surface area contributed by atoms with Crippen LogP contribution in [0, 0.1) is 0 Å². The molecule has 0 aromatic heterocycles. The summed E-state index contributed by atoms with van der Waals surface area (Å²) in [5.41, 5.74) is 0. The molecule has 0 bridgehead atoms. The molecule has 0 radical (unpaired) electrons. The minimum absolute atomic E-state index is 0.163. The molecule has 1 amide bonds. The molecule has 0 aromatic carbocycles. The van der Waals surface area contributed by atoms with Crippen molar-refractivity contribution in [2.75, 3.05) is 6.54 Å². The first-order chi connectivity index (χ1) is 5.81. The van der Waals surface area contributed by atoms with Crippen LogP contribution in [-0.2, 0) is 4.79 Å². The molecule has 0 atom stereocenters. The number of rotatable bonds is 5. The monoisotopic (exact) mass is 173 g/mol. The van der Waals surface area contributed by atoms with Gasteiger partial charge in [-0.15, -0.1) is 0 Å². The maximum absolute atomic E-state index is 10.7. The van der Waals surface area contributed by atoms with Crippen molar-refractivity contribution in [1.29, 1.82) is 0 Å². The molecule has 0 spiro atoms. The first-order valence-electron chi connectivity index (χ1n) is 5.08. The second kappa shape index (κ2) is 13.1. The lowest BCUT2D eigenvalue weighted by molar-refractivity contribution is -0.120. The Hall–Kier alpha value is -0.530. The van der Waals surface area contributed by atoms with Gasteiger partial charge in [0, 0.05) is 13.0 Å². The fraction of sp³-hybridized carbons (Fsp3) is 0.900. The molecule has 1 N–H and O–H groups in total. The van der Waals surface area contributed by atoms with Gasteiger partial charge < -0.3 is 5.32 Å². The third-order valence-corrected chi connectivity index (χ3v) is 1.42. The molecule has 0 rings (SSSR count). The number of carbonyl (C=O) groups is 1. The average molecular weight is 173 g/mol. The first kappa shape index (κ1) is 14.0. The summed E-state index contributed by atoms with van der Waals surface area (Å²) in [6.07, 6.45) is 4.14. The molecule has 74 valence electrons. The zero-order valence-corrected chi connectivity index (χ0v) is 8.94. The van der Waals surface area contributed by atoms with E-state index in [0.29, 0.717) is 6.42 Å². The molecule has 12 heavy (non-hydrogen) atoms. The maximum Gasteiger partial charge on any atom is 0.219 e. The van der Waals surface area contributed by atoms with Crippen LogP contribution in [0.25, 0.3) is 0 Å². The minimum atomic E-state index is 0.163. The molecule has 0 saturated carbocycles. The van der Waals surface area contributed by atoms with Crippen LogP contribution < -0.4 is 5.32 Å². The molecule has 0 fully saturated rings. The summed E-state index contributed by atoms with van der Waals surface area (Å²) in [6, 6.07) is 0. The Labute approximate surface area is 76.7 Å². The fourth-order valence-corrected chi connectivity index (χ4v) is 0.728. The van der Waals surface area contributed by atoms with E-state index in [9.17, 15) is 4.79 Å². The van der Waals surface area contributed by atoms with Crippen molar-refractivity contribution >= 4 is 5.91 Å². The molecule has 2 nitrogen and oxygen atoms in total. The van der Waals surface area contributed by atoms with Crippen LogP contribution in [0.15, 0.2) is 0 Å². The van der Waals surface area contributed by atoms with Gasteiger partial charge >= 0.3 is 0 Å². The van der Waals surface area contributed by atoms with Crippen molar-refractivity contribution in [3.8, 4) is 0 Å². The quantitative estimate of drug-likeness (QED) is 0.636. The zero-order chi connectivity index (χ0) is 9.82. The predicted octanol–water partition coefficient (Wildman–Crippen LogP) is 2.73. The van der Waals surface area contributed by atoms with Crippen LogP contribution >= 0.6 is 0 Å². The van der Waals surface area contributed by atoms with Gasteiger partial charge in [0.1, 0.15) is 0 Å². The third-order valence-electron chi connectivity index (χ3n) is 1.42. The molecule has 0 unspecified atom stereocenters. The van der Waals surface area contributed by atoms with Crippen molar-refractivity contribution in [1.82, 2.24) is 5.32 Å². The van der Waals surface area contributed by atoms with Crippen LogP contribution in [0.2, 0.25) is 0 Å². The molecule has 0 heterocycles. The molecule has 2 heteroatoms. The summed E-state index contributed by atoms with van der Waals surface area (Å²) in [7, 11) is 0. The van der Waals surface area contributed by atoms with Crippen molar-refractivity contribution < 1.29 is 4.79 Å². The van der Waals surface area contributed by atoms with E-state index >= 15 is 0 Å². The lowest BCUT2D eigenvalue weighted by Crippen LogP contribution is -2.22. The highest BCUT2D eigenvalue weighted by Gasteiger charge is 1.92. The van der Waals surface area contributed by atoms with E-state index in [2.05, 4.69) is 12.2 Å². The normalized spacial score (nSPS) is 8.33. The standard InChI is InChI=1S/C8H17NO.C2H6/c1-3-5-6-7-9-8(10)4-2;1-2/h3-7H2,1-2H3,(H,9,10);1-2H3. The van der Waals surface area contributed by atoms with E-state index in [1.807, 2.05) is 20.8 Å². The van der Waals surface area contributed by atoms with E-state index in [1.54, 1.807) is 0 Å². The van der Waals surface area contributed by atoms with Gasteiger partial charge in [0.05, 0.1) is 0 Å². The number of hydrogen-bond acceptors (Lipinski definition) is 1. The van der Waals surface area contributed by atoms with E-state index in [-0.39, 0.29) is 5.91 Å². The van der Waals surface area contributed by atoms with Crippen molar-refractivity contribution in [2.24, 2.45) is 0 Å². The summed E-state index contributed by atoms with van der Waals surface area (Å²) in [5.74, 6) is 0.163. The maximum atomic E-state index is 10.7. The van der Waals surface area contributed by atoms with Crippen LogP contribution in [-0.4, -0.2) is 12.5 Å². The first-order valence-corrected chi connectivity index (χ1v) is 5.08. The van der Waals surface area contributed by atoms with Crippen molar-refractivity contribution in [3.63, 3.8) is 0 Å². The Kier molecular flexibility index (Phi) is 15.3. The summed E-state index contributed by atoms with van der Waals surface area (Å²) in [6.45, 7) is 8.87. The Morgan fingerprint density at radius 2 is 1.75 bits per heavy atom. The summed E-state index contributed by atoms with van der Waals surface area (Å²) in [5, 5.41) is 2.83. The van der Waals surface area contributed by atoms with Gasteiger partial charge in [-0.2, -0.15) is 0 Å². The topological polar surface area (TPSA) is 29.1 Å². The van der Waals surface area contributed by atoms with Gasteiger partial charge in [-0.05, 0) is 6.42 Å². The number of nitrogens with one attached hydrogen (secondary N) is 1. The second-order valence-corrected chi connectivity index (χ2v) is 2.41. The molecular weight excluding hydrogens is 150 g/mol. The van der Waals surface area contributed by atoms with Gasteiger partial charge in [-0.1, -0.05) is 40.5 Å². The SMILES string of the molecule is CC.CCCCCNC(=O)CC. The third kappa shape index (κ3) is 12.2. The molecule has 0 saturated heterocycles. The van der Waals surface area contributed by atoms with Gasteiger partial charge in [0.25, 0.3) is 0 Å². The van der Waals surface area contributed by atoms with Crippen LogP contribution in [0.4, 0.5) is 0 Å². The number of amides is 1. The van der Waals surface area contributed by atoms with Crippen molar-refractivity contribution in [2.45, 2.75) is 53.4 Å². The van der Waals surface area contributed by atoms with Crippen LogP contribution in [0.1, 0.15) is 53.4 Å². The van der Waals surface area contributed by atoms with Gasteiger partial charge in [-0.25, -0.2) is 0 Å². The van der Waals surface area contributed by atoms with Crippen molar-refractivity contribution in [3.05, 3.63) is 0 Å². The molecular formula is C10H23NO. The molecule has 0 aromatic rings. The van der Waals surface area contributed by atoms with Gasteiger partial charge in [0.15, 0.2) is 0 Å². The smallest absolute Gasteiger partial charge is 0.219 e. The van der Waals surface area contributed by atoms with E-state index in [4.69, 9.17) is 0 Å². The highest BCUT2D eigenvalue weighted by Crippen LogP contribution is 1.90. The van der Waals surface area contributed by atoms with E-state index in [1.165, 1.54) is 12.8 Å². The van der Waals surface area contributed by atoms with E-state index < -0.39 is 0 Å². The summed E-state index contributed by atoms with van der Waals surface area (Å²) >= 11 is 0. The zero-order valence-electron chi connectivity index (χ0n) is 8.94. The second-order valence-electron chi connectivity index (χ2n) is 2.41. The highest BCUT2D eigenvalue weighted by atomic mass is 16.1. The summed E-state index contributed by atoms with van der Waals surface area (Å²) < 4.78 is 0. The predicted molar refractivity (Wildman–Crippen MR) is 54.2 cm³/mol. The fourth-order valence-electron chi connectivity index (χ4n) is 0.728. The number of unbranched alkanes of at least 4 members (excludes halogenated alkanes) is 2. The van der Waals surface area contributed by atoms with Gasteiger partial charge in [0.2, 0.25) is 5.91 Å². The van der Waals surface area contributed by atoms with Crippen LogP contribution in [0.5, 0.6) is 0 Å². The largest absolute Gasteiger partial charge is 0.356 e. The Morgan fingerprint density at radius 3 is 2.17 bits per heavy atom. The highest BCUT2D eigenvalue weighted by molar-refractivity contribution is 5.75. The number of carbonyl (C=O) groups excluding carboxylic acids is 1. The minimum Gasteiger partial charge on any atom is -0.356 e. The van der Waals surface area contributed by atoms with E-state index in [0.717, 1.165) is 13.0 Å². The Morgan fingerprint density at radius 1 is 1.17 bits per heavy atom.